The van der Waals surface area contributed by atoms with Crippen molar-refractivity contribution in [3.05, 3.63) is 54.6 Å². The van der Waals surface area contributed by atoms with Crippen LogP contribution in [0.3, 0.4) is 0 Å². The number of rotatable bonds is 5. The number of hydrogen-bond acceptors (Lipinski definition) is 3. The molecule has 2 aromatic rings. The maximum atomic E-state index is 9.55. The average Bonchev–Trinajstić information content (AvgIpc) is 2.94. The predicted molar refractivity (Wildman–Crippen MR) is 74.7 cm³/mol. The second kappa shape index (κ2) is 8.91. The highest BCUT2D eigenvalue weighted by atomic mass is 16.5. The van der Waals surface area contributed by atoms with Gasteiger partial charge in [0.15, 0.2) is 0 Å². The molecule has 2 rings (SSSR count). The third-order valence-electron chi connectivity index (χ3n) is 2.63. The van der Waals surface area contributed by atoms with E-state index in [1.807, 2.05) is 44.6 Å². The number of aromatic nitrogens is 2. The molecule has 4 heteroatoms. The van der Waals surface area contributed by atoms with E-state index in [-0.39, 0.29) is 6.10 Å². The van der Waals surface area contributed by atoms with Gasteiger partial charge < -0.3 is 9.30 Å². The van der Waals surface area contributed by atoms with Gasteiger partial charge in [0.2, 0.25) is 0 Å². The summed E-state index contributed by atoms with van der Waals surface area (Å²) in [6, 6.07) is 10.3. The summed E-state index contributed by atoms with van der Waals surface area (Å²) in [5.41, 5.74) is 1.30. The van der Waals surface area contributed by atoms with Crippen molar-refractivity contribution in [1.29, 1.82) is 0 Å². The number of imidazole rings is 1. The van der Waals surface area contributed by atoms with E-state index in [1.165, 1.54) is 5.56 Å². The first-order chi connectivity index (χ1) is 9.26. The summed E-state index contributed by atoms with van der Waals surface area (Å²) in [6.07, 6.45) is 6.55. The van der Waals surface area contributed by atoms with Gasteiger partial charge in [0, 0.05) is 18.9 Å². The van der Waals surface area contributed by atoms with Crippen molar-refractivity contribution in [3.8, 4) is 0 Å². The molecule has 0 amide bonds. The zero-order chi connectivity index (χ0) is 13.9. The summed E-state index contributed by atoms with van der Waals surface area (Å²) in [5.74, 6) is 0. The topological polar surface area (TPSA) is 44.1 Å². The number of carbonyl (C=O) groups is 1. The second-order valence-electron chi connectivity index (χ2n) is 4.17. The van der Waals surface area contributed by atoms with Crippen LogP contribution in [0, 0.1) is 0 Å². The van der Waals surface area contributed by atoms with Crippen LogP contribution in [0.1, 0.15) is 25.8 Å². The maximum absolute atomic E-state index is 9.55. The van der Waals surface area contributed by atoms with Gasteiger partial charge in [-0.15, -0.1) is 0 Å². The van der Waals surface area contributed by atoms with Gasteiger partial charge in [0.1, 0.15) is 0 Å². The Bertz CT molecular complexity index is 440. The lowest BCUT2D eigenvalue weighted by Gasteiger charge is -2.02. The van der Waals surface area contributed by atoms with Crippen LogP contribution in [0.25, 0.3) is 0 Å². The number of carbonyl (C=O) groups excluding carboxylic acids is 1. The summed E-state index contributed by atoms with van der Waals surface area (Å²) in [6.45, 7) is 5.21. The molecule has 0 aliphatic carbocycles. The van der Waals surface area contributed by atoms with E-state index in [4.69, 9.17) is 0 Å². The minimum atomic E-state index is 0.0810. The van der Waals surface area contributed by atoms with Crippen molar-refractivity contribution in [3.63, 3.8) is 0 Å². The average molecular weight is 260 g/mol. The standard InChI is InChI=1S/C10H10N2.C5H10O2/c1-2-4-10(5-3-1)8-12-7-6-11-9-12;1-3-5(2)7-4-6/h1-7,9H,8H2;4-5H,3H2,1-2H3. The molecule has 1 heterocycles. The van der Waals surface area contributed by atoms with Crippen LogP contribution in [0.15, 0.2) is 49.1 Å². The smallest absolute Gasteiger partial charge is 0.293 e. The molecule has 0 spiro atoms. The first kappa shape index (κ1) is 15.0. The quantitative estimate of drug-likeness (QED) is 0.776. The Morgan fingerprint density at radius 2 is 2.11 bits per heavy atom. The molecule has 0 aliphatic rings. The fraction of sp³-hybridized carbons (Fsp3) is 0.333. The molecule has 0 bridgehead atoms. The number of benzene rings is 1. The molecule has 0 saturated carbocycles. The number of hydrogen-bond donors (Lipinski definition) is 0. The molecular formula is C15H20N2O2. The van der Waals surface area contributed by atoms with Gasteiger partial charge in [-0.05, 0) is 18.9 Å². The van der Waals surface area contributed by atoms with Gasteiger partial charge in [-0.25, -0.2) is 4.98 Å². The highest BCUT2D eigenvalue weighted by molar-refractivity contribution is 5.37. The molecule has 19 heavy (non-hydrogen) atoms. The number of ether oxygens (including phenoxy) is 1. The lowest BCUT2D eigenvalue weighted by molar-refractivity contribution is -0.132. The third kappa shape index (κ3) is 6.41. The van der Waals surface area contributed by atoms with Crippen LogP contribution in [0.5, 0.6) is 0 Å². The van der Waals surface area contributed by atoms with Gasteiger partial charge in [-0.1, -0.05) is 37.3 Å². The summed E-state index contributed by atoms with van der Waals surface area (Å²) >= 11 is 0. The van der Waals surface area contributed by atoms with Crippen molar-refractivity contribution < 1.29 is 9.53 Å². The van der Waals surface area contributed by atoms with E-state index in [9.17, 15) is 4.79 Å². The van der Waals surface area contributed by atoms with Crippen LogP contribution in [-0.4, -0.2) is 22.1 Å². The molecule has 0 fully saturated rings. The first-order valence-corrected chi connectivity index (χ1v) is 6.35. The van der Waals surface area contributed by atoms with Crippen molar-refractivity contribution in [2.24, 2.45) is 0 Å². The Kier molecular flexibility index (Phi) is 7.02. The van der Waals surface area contributed by atoms with Crippen molar-refractivity contribution in [2.45, 2.75) is 32.9 Å². The molecule has 0 N–H and O–H groups in total. The lowest BCUT2D eigenvalue weighted by atomic mass is 10.2. The Balaban J connectivity index is 0.000000224. The second-order valence-corrected chi connectivity index (χ2v) is 4.17. The van der Waals surface area contributed by atoms with Crippen molar-refractivity contribution >= 4 is 6.47 Å². The van der Waals surface area contributed by atoms with Crippen LogP contribution in [0.4, 0.5) is 0 Å². The molecule has 0 radical (unpaired) electrons. The zero-order valence-electron chi connectivity index (χ0n) is 11.4. The fourth-order valence-electron chi connectivity index (χ4n) is 1.37. The molecular weight excluding hydrogens is 240 g/mol. The Morgan fingerprint density at radius 1 is 1.37 bits per heavy atom. The highest BCUT2D eigenvalue weighted by Crippen LogP contribution is 2.00. The van der Waals surface area contributed by atoms with Gasteiger partial charge >= 0.3 is 0 Å². The van der Waals surface area contributed by atoms with E-state index in [2.05, 4.69) is 26.4 Å². The molecule has 1 aromatic carbocycles. The van der Waals surface area contributed by atoms with Crippen LogP contribution in [-0.2, 0) is 16.1 Å². The molecule has 4 nitrogen and oxygen atoms in total. The molecule has 102 valence electrons. The van der Waals surface area contributed by atoms with Crippen LogP contribution in [0.2, 0.25) is 0 Å². The molecule has 1 atom stereocenters. The summed E-state index contributed by atoms with van der Waals surface area (Å²) in [4.78, 5) is 13.5. The summed E-state index contributed by atoms with van der Waals surface area (Å²) in [7, 11) is 0. The third-order valence-corrected chi connectivity index (χ3v) is 2.63. The SMILES string of the molecule is CCC(C)OC=O.c1ccc(Cn2ccnc2)cc1. The monoisotopic (exact) mass is 260 g/mol. The zero-order valence-corrected chi connectivity index (χ0v) is 11.4. The van der Waals surface area contributed by atoms with Gasteiger partial charge in [0.25, 0.3) is 6.47 Å². The lowest BCUT2D eigenvalue weighted by Crippen LogP contribution is -2.03. The highest BCUT2D eigenvalue weighted by Gasteiger charge is 1.92. The van der Waals surface area contributed by atoms with E-state index in [0.29, 0.717) is 6.47 Å². The van der Waals surface area contributed by atoms with E-state index >= 15 is 0 Å². The largest absolute Gasteiger partial charge is 0.465 e. The molecule has 1 aromatic heterocycles. The summed E-state index contributed by atoms with van der Waals surface area (Å²) in [5, 5.41) is 0. The minimum absolute atomic E-state index is 0.0810. The van der Waals surface area contributed by atoms with Gasteiger partial charge in [-0.2, -0.15) is 0 Å². The predicted octanol–water partition coefficient (Wildman–Crippen LogP) is 2.89. The van der Waals surface area contributed by atoms with Gasteiger partial charge in [-0.3, -0.25) is 4.79 Å². The van der Waals surface area contributed by atoms with Crippen molar-refractivity contribution in [2.75, 3.05) is 0 Å². The van der Waals surface area contributed by atoms with E-state index in [0.717, 1.165) is 13.0 Å². The maximum Gasteiger partial charge on any atom is 0.293 e. The molecule has 1 unspecified atom stereocenters. The summed E-state index contributed by atoms with van der Waals surface area (Å²) < 4.78 is 6.56. The van der Waals surface area contributed by atoms with E-state index < -0.39 is 0 Å². The van der Waals surface area contributed by atoms with E-state index in [1.54, 1.807) is 6.20 Å². The normalized spacial score (nSPS) is 11.1. The Labute approximate surface area is 114 Å². The van der Waals surface area contributed by atoms with Gasteiger partial charge in [0.05, 0.1) is 12.4 Å². The van der Waals surface area contributed by atoms with Crippen LogP contribution < -0.4 is 0 Å². The fourth-order valence-corrected chi connectivity index (χ4v) is 1.37. The minimum Gasteiger partial charge on any atom is -0.465 e. The van der Waals surface area contributed by atoms with Crippen LogP contribution >= 0.6 is 0 Å². The Morgan fingerprint density at radius 3 is 2.58 bits per heavy atom. The molecule has 0 aliphatic heterocycles. The Hall–Kier alpha value is -2.10. The number of nitrogens with zero attached hydrogens (tertiary/aromatic N) is 2. The first-order valence-electron chi connectivity index (χ1n) is 6.35. The molecule has 0 saturated heterocycles. The van der Waals surface area contributed by atoms with Crippen molar-refractivity contribution in [1.82, 2.24) is 9.55 Å².